The average molecular weight is 204 g/mol. The summed E-state index contributed by atoms with van der Waals surface area (Å²) in [6.45, 7) is 6.24. The van der Waals surface area contributed by atoms with Gasteiger partial charge in [-0.15, -0.1) is 0 Å². The zero-order chi connectivity index (χ0) is 11.6. The molecule has 80 valence electrons. The van der Waals surface area contributed by atoms with Crippen molar-refractivity contribution in [3.05, 3.63) is 23.3 Å². The lowest BCUT2D eigenvalue weighted by Crippen LogP contribution is -2.12. The molecule has 2 N–H and O–H groups in total. The molecule has 0 amide bonds. The maximum absolute atomic E-state index is 8.98. The number of anilines is 1. The Hall–Kier alpha value is -1.69. The fourth-order valence-electron chi connectivity index (χ4n) is 1.40. The van der Waals surface area contributed by atoms with Gasteiger partial charge in [0.05, 0.1) is 18.4 Å². The highest BCUT2D eigenvalue weighted by Crippen LogP contribution is 2.32. The van der Waals surface area contributed by atoms with Crippen LogP contribution in [0.5, 0.6) is 5.75 Å². The van der Waals surface area contributed by atoms with Crippen molar-refractivity contribution in [3.8, 4) is 11.8 Å². The van der Waals surface area contributed by atoms with Gasteiger partial charge in [-0.2, -0.15) is 5.26 Å². The number of ether oxygens (including phenoxy) is 1. The second kappa shape index (κ2) is 3.82. The van der Waals surface area contributed by atoms with Gasteiger partial charge < -0.3 is 10.5 Å². The van der Waals surface area contributed by atoms with Crippen molar-refractivity contribution in [3.63, 3.8) is 0 Å². The molecular formula is C12H16N2O. The third kappa shape index (κ3) is 2.21. The van der Waals surface area contributed by atoms with Crippen LogP contribution in [0.1, 0.15) is 31.9 Å². The van der Waals surface area contributed by atoms with Crippen LogP contribution in [-0.4, -0.2) is 7.11 Å². The molecule has 0 aliphatic carbocycles. The fourth-order valence-corrected chi connectivity index (χ4v) is 1.40. The van der Waals surface area contributed by atoms with Gasteiger partial charge in [0.1, 0.15) is 6.07 Å². The molecule has 0 heterocycles. The van der Waals surface area contributed by atoms with Gasteiger partial charge in [-0.25, -0.2) is 0 Å². The molecule has 0 aliphatic rings. The molecule has 3 heteroatoms. The Morgan fingerprint density at radius 2 is 1.93 bits per heavy atom. The summed E-state index contributed by atoms with van der Waals surface area (Å²) in [4.78, 5) is 0. The quantitative estimate of drug-likeness (QED) is 0.715. The van der Waals surface area contributed by atoms with E-state index < -0.39 is 0 Å². The van der Waals surface area contributed by atoms with E-state index in [2.05, 4.69) is 26.8 Å². The Labute approximate surface area is 90.5 Å². The molecule has 0 radical (unpaired) electrons. The standard InChI is InChI=1S/C12H16N2O/c1-12(2,3)9-5-8(7-13)11(15-4)10(14)6-9/h5-6H,14H2,1-4H3. The van der Waals surface area contributed by atoms with E-state index in [0.717, 1.165) is 5.56 Å². The molecule has 15 heavy (non-hydrogen) atoms. The first-order valence-corrected chi connectivity index (χ1v) is 4.78. The number of nitrogens with two attached hydrogens (primary N) is 1. The van der Waals surface area contributed by atoms with Crippen molar-refractivity contribution in [2.75, 3.05) is 12.8 Å². The van der Waals surface area contributed by atoms with Crippen LogP contribution >= 0.6 is 0 Å². The molecule has 0 aliphatic heterocycles. The van der Waals surface area contributed by atoms with Gasteiger partial charge in [0, 0.05) is 0 Å². The van der Waals surface area contributed by atoms with E-state index in [4.69, 9.17) is 15.7 Å². The van der Waals surface area contributed by atoms with E-state index in [9.17, 15) is 0 Å². The molecular weight excluding hydrogens is 188 g/mol. The van der Waals surface area contributed by atoms with Crippen LogP contribution in [0.4, 0.5) is 5.69 Å². The molecule has 1 rings (SSSR count). The van der Waals surface area contributed by atoms with Gasteiger partial charge in [-0.05, 0) is 23.1 Å². The Morgan fingerprint density at radius 1 is 1.33 bits per heavy atom. The first kappa shape index (κ1) is 11.4. The molecule has 0 bridgehead atoms. The number of hydrogen-bond acceptors (Lipinski definition) is 3. The van der Waals surface area contributed by atoms with Crippen molar-refractivity contribution < 1.29 is 4.74 Å². The first-order valence-electron chi connectivity index (χ1n) is 4.78. The van der Waals surface area contributed by atoms with Crippen LogP contribution in [0, 0.1) is 11.3 Å². The Morgan fingerprint density at radius 3 is 2.33 bits per heavy atom. The number of hydrogen-bond donors (Lipinski definition) is 1. The normalized spacial score (nSPS) is 10.9. The molecule has 0 aromatic heterocycles. The van der Waals surface area contributed by atoms with Gasteiger partial charge >= 0.3 is 0 Å². The molecule has 3 nitrogen and oxygen atoms in total. The number of rotatable bonds is 1. The zero-order valence-corrected chi connectivity index (χ0v) is 9.59. The van der Waals surface area contributed by atoms with Crippen molar-refractivity contribution in [1.29, 1.82) is 5.26 Å². The third-order valence-corrected chi connectivity index (χ3v) is 2.31. The average Bonchev–Trinajstić information content (AvgIpc) is 2.15. The van der Waals surface area contributed by atoms with Gasteiger partial charge in [0.2, 0.25) is 0 Å². The zero-order valence-electron chi connectivity index (χ0n) is 9.59. The molecule has 1 aromatic carbocycles. The second-order valence-corrected chi connectivity index (χ2v) is 4.51. The Balaban J connectivity index is 3.41. The van der Waals surface area contributed by atoms with Crippen LogP contribution in [-0.2, 0) is 5.41 Å². The lowest BCUT2D eigenvalue weighted by atomic mass is 9.85. The van der Waals surface area contributed by atoms with E-state index in [1.807, 2.05) is 12.1 Å². The summed E-state index contributed by atoms with van der Waals surface area (Å²) in [5.41, 5.74) is 7.85. The van der Waals surface area contributed by atoms with Crippen molar-refractivity contribution >= 4 is 5.69 Å². The summed E-state index contributed by atoms with van der Waals surface area (Å²) in [5.74, 6) is 0.463. The van der Waals surface area contributed by atoms with Crippen molar-refractivity contribution in [2.24, 2.45) is 0 Å². The maximum Gasteiger partial charge on any atom is 0.159 e. The summed E-state index contributed by atoms with van der Waals surface area (Å²) in [6, 6.07) is 5.78. The van der Waals surface area contributed by atoms with Gasteiger partial charge in [0.25, 0.3) is 0 Å². The van der Waals surface area contributed by atoms with Gasteiger partial charge in [-0.3, -0.25) is 0 Å². The first-order chi connectivity index (χ1) is 6.90. The predicted octanol–water partition coefficient (Wildman–Crippen LogP) is 2.45. The maximum atomic E-state index is 8.98. The predicted molar refractivity (Wildman–Crippen MR) is 60.8 cm³/mol. The molecule has 0 saturated carbocycles. The summed E-state index contributed by atoms with van der Waals surface area (Å²) in [7, 11) is 1.52. The number of nitrogen functional groups attached to an aromatic ring is 1. The highest BCUT2D eigenvalue weighted by molar-refractivity contribution is 5.63. The summed E-state index contributed by atoms with van der Waals surface area (Å²) >= 11 is 0. The summed E-state index contributed by atoms with van der Waals surface area (Å²) in [6.07, 6.45) is 0. The highest BCUT2D eigenvalue weighted by Gasteiger charge is 2.18. The molecule has 1 aromatic rings. The third-order valence-electron chi connectivity index (χ3n) is 2.31. The Bertz CT molecular complexity index is 411. The smallest absolute Gasteiger partial charge is 0.159 e. The lowest BCUT2D eigenvalue weighted by Gasteiger charge is -2.20. The number of nitrogens with zero attached hydrogens (tertiary/aromatic N) is 1. The largest absolute Gasteiger partial charge is 0.493 e. The van der Waals surface area contributed by atoms with E-state index >= 15 is 0 Å². The number of nitriles is 1. The van der Waals surface area contributed by atoms with E-state index in [1.54, 1.807) is 0 Å². The molecule has 0 spiro atoms. The summed E-state index contributed by atoms with van der Waals surface area (Å²) in [5, 5.41) is 8.98. The van der Waals surface area contributed by atoms with Gasteiger partial charge in [-0.1, -0.05) is 20.8 Å². The van der Waals surface area contributed by atoms with Crippen LogP contribution in [0.15, 0.2) is 12.1 Å². The SMILES string of the molecule is COc1c(N)cc(C(C)(C)C)cc1C#N. The topological polar surface area (TPSA) is 59.0 Å². The van der Waals surface area contributed by atoms with Crippen LogP contribution in [0.2, 0.25) is 0 Å². The van der Waals surface area contributed by atoms with Gasteiger partial charge in [0.15, 0.2) is 5.75 Å². The van der Waals surface area contributed by atoms with Crippen LogP contribution in [0.3, 0.4) is 0 Å². The molecule has 0 unspecified atom stereocenters. The van der Waals surface area contributed by atoms with Crippen molar-refractivity contribution in [2.45, 2.75) is 26.2 Å². The fraction of sp³-hybridized carbons (Fsp3) is 0.417. The summed E-state index contributed by atoms with van der Waals surface area (Å²) < 4.78 is 5.09. The molecule has 0 saturated heterocycles. The van der Waals surface area contributed by atoms with E-state index in [-0.39, 0.29) is 5.41 Å². The second-order valence-electron chi connectivity index (χ2n) is 4.51. The minimum absolute atomic E-state index is 0.0218. The monoisotopic (exact) mass is 204 g/mol. The van der Waals surface area contributed by atoms with Crippen LogP contribution in [0.25, 0.3) is 0 Å². The number of benzene rings is 1. The van der Waals surface area contributed by atoms with E-state index in [1.165, 1.54) is 7.11 Å². The van der Waals surface area contributed by atoms with E-state index in [0.29, 0.717) is 17.0 Å². The Kier molecular flexibility index (Phi) is 2.90. The minimum atomic E-state index is -0.0218. The van der Waals surface area contributed by atoms with Crippen LogP contribution < -0.4 is 10.5 Å². The molecule has 0 atom stereocenters. The minimum Gasteiger partial charge on any atom is -0.493 e. The highest BCUT2D eigenvalue weighted by atomic mass is 16.5. The van der Waals surface area contributed by atoms with Crippen molar-refractivity contribution in [1.82, 2.24) is 0 Å². The molecule has 0 fully saturated rings. The number of methoxy groups -OCH3 is 1. The lowest BCUT2D eigenvalue weighted by molar-refractivity contribution is 0.415.